The van der Waals surface area contributed by atoms with Gasteiger partial charge in [0.1, 0.15) is 0 Å². The largest absolute Gasteiger partial charge is 0.351 e. The molecule has 1 aliphatic heterocycles. The van der Waals surface area contributed by atoms with E-state index < -0.39 is 0 Å². The van der Waals surface area contributed by atoms with Crippen molar-refractivity contribution in [1.82, 2.24) is 15.1 Å². The summed E-state index contributed by atoms with van der Waals surface area (Å²) < 4.78 is 0. The lowest BCUT2D eigenvalue weighted by molar-refractivity contribution is 0.117. The molecule has 2 amide bonds. The Kier molecular flexibility index (Phi) is 7.96. The van der Waals surface area contributed by atoms with Crippen molar-refractivity contribution in [3.63, 3.8) is 0 Å². The smallest absolute Gasteiger partial charge is 0.321 e. The van der Waals surface area contributed by atoms with Crippen LogP contribution in [0.5, 0.6) is 0 Å². The first-order valence-corrected chi connectivity index (χ1v) is 11.1. The number of urea groups is 1. The quantitative estimate of drug-likeness (QED) is 0.408. The van der Waals surface area contributed by atoms with Crippen molar-refractivity contribution in [2.75, 3.05) is 25.0 Å². The Hall–Kier alpha value is -3.24. The van der Waals surface area contributed by atoms with Crippen molar-refractivity contribution >= 4 is 29.3 Å². The van der Waals surface area contributed by atoms with Crippen LogP contribution < -0.4 is 10.6 Å². The Morgan fingerprint density at radius 1 is 1.25 bits per heavy atom. The van der Waals surface area contributed by atoms with E-state index in [0.717, 1.165) is 5.56 Å². The second-order valence-electron chi connectivity index (χ2n) is 8.27. The minimum Gasteiger partial charge on any atom is -0.351 e. The van der Waals surface area contributed by atoms with Crippen molar-refractivity contribution in [2.45, 2.75) is 33.4 Å². The molecule has 0 bridgehead atoms. The number of anilines is 1. The monoisotopic (exact) mass is 452 g/mol. The van der Waals surface area contributed by atoms with Gasteiger partial charge in [0.05, 0.1) is 6.04 Å². The SMILES string of the molecule is Cc1cccc(CN/C(=N/C#N)N2CCN(C(=O)Nc3ccc(Cl)cc3)CC2C(C)C)c1. The number of aliphatic imine (C=N–C) groups is 1. The molecule has 3 rings (SSSR count). The number of nitriles is 1. The third-order valence-electron chi connectivity index (χ3n) is 5.53. The lowest BCUT2D eigenvalue weighted by Gasteiger charge is -2.44. The molecule has 2 aromatic rings. The molecule has 0 aliphatic carbocycles. The number of rotatable bonds is 4. The van der Waals surface area contributed by atoms with Gasteiger partial charge in [-0.25, -0.2) is 4.79 Å². The predicted octanol–water partition coefficient (Wildman–Crippen LogP) is 4.45. The number of carbonyl (C=O) groups is 1. The molecule has 0 radical (unpaired) electrons. The van der Waals surface area contributed by atoms with Crippen molar-refractivity contribution in [2.24, 2.45) is 10.9 Å². The molecule has 1 fully saturated rings. The van der Waals surface area contributed by atoms with E-state index in [0.29, 0.717) is 42.8 Å². The van der Waals surface area contributed by atoms with Crippen LogP contribution in [0.2, 0.25) is 5.02 Å². The summed E-state index contributed by atoms with van der Waals surface area (Å²) in [5, 5.41) is 16.2. The standard InChI is InChI=1S/C24H29ClN6O/c1-17(2)22-15-30(24(32)29-21-9-7-20(25)8-10-21)11-12-31(22)23(28-16-26)27-14-19-6-4-5-18(3)13-19/h4-10,13,17,22H,11-12,14-15H2,1-3H3,(H,27,28)(H,29,32). The first kappa shape index (κ1) is 23.4. The number of hydrogen-bond acceptors (Lipinski definition) is 3. The van der Waals surface area contributed by atoms with Crippen LogP contribution in [0.3, 0.4) is 0 Å². The van der Waals surface area contributed by atoms with Gasteiger partial charge in [-0.15, -0.1) is 4.99 Å². The minimum atomic E-state index is -0.149. The molecule has 2 N–H and O–H groups in total. The number of halogens is 1. The molecule has 7 nitrogen and oxygen atoms in total. The van der Waals surface area contributed by atoms with E-state index in [-0.39, 0.29) is 18.0 Å². The molecule has 1 heterocycles. The molecule has 2 aromatic carbocycles. The molecule has 1 atom stereocenters. The van der Waals surface area contributed by atoms with Crippen LogP contribution in [0.4, 0.5) is 10.5 Å². The zero-order valence-electron chi connectivity index (χ0n) is 18.7. The van der Waals surface area contributed by atoms with Gasteiger partial charge < -0.3 is 20.4 Å². The summed E-state index contributed by atoms with van der Waals surface area (Å²) in [6.45, 7) is 8.50. The molecule has 168 valence electrons. The maximum absolute atomic E-state index is 12.8. The van der Waals surface area contributed by atoms with E-state index in [1.54, 1.807) is 29.2 Å². The fraction of sp³-hybridized carbons (Fsp3) is 0.375. The molecule has 1 unspecified atom stereocenters. The summed E-state index contributed by atoms with van der Waals surface area (Å²) in [7, 11) is 0. The summed E-state index contributed by atoms with van der Waals surface area (Å²) in [4.78, 5) is 20.8. The van der Waals surface area contributed by atoms with E-state index in [1.165, 1.54) is 5.56 Å². The number of piperazine rings is 1. The molecule has 0 aromatic heterocycles. The topological polar surface area (TPSA) is 83.8 Å². The number of guanidine groups is 1. The highest BCUT2D eigenvalue weighted by molar-refractivity contribution is 6.30. The average molecular weight is 453 g/mol. The number of nitrogens with one attached hydrogen (secondary N) is 2. The third kappa shape index (κ3) is 6.14. The normalized spacial score (nSPS) is 16.6. The summed E-state index contributed by atoms with van der Waals surface area (Å²) in [5.74, 6) is 0.802. The minimum absolute atomic E-state index is 0.0248. The Bertz CT molecular complexity index is 998. The zero-order chi connectivity index (χ0) is 23.1. The maximum atomic E-state index is 12.8. The number of benzene rings is 2. The van der Waals surface area contributed by atoms with Gasteiger partial charge in [0, 0.05) is 36.9 Å². The van der Waals surface area contributed by atoms with Gasteiger partial charge in [-0.1, -0.05) is 55.3 Å². The Morgan fingerprint density at radius 3 is 2.66 bits per heavy atom. The maximum Gasteiger partial charge on any atom is 0.321 e. The Balaban J connectivity index is 1.68. The van der Waals surface area contributed by atoms with Crippen molar-refractivity contribution in [1.29, 1.82) is 5.26 Å². The zero-order valence-corrected chi connectivity index (χ0v) is 19.4. The second kappa shape index (κ2) is 10.9. The fourth-order valence-corrected chi connectivity index (χ4v) is 3.95. The highest BCUT2D eigenvalue weighted by Gasteiger charge is 2.33. The second-order valence-corrected chi connectivity index (χ2v) is 8.70. The molecule has 1 saturated heterocycles. The van der Waals surface area contributed by atoms with E-state index >= 15 is 0 Å². The molecule has 0 spiro atoms. The molecular weight excluding hydrogens is 424 g/mol. The Labute approximate surface area is 194 Å². The first-order valence-electron chi connectivity index (χ1n) is 10.7. The van der Waals surface area contributed by atoms with Crippen LogP contribution in [-0.2, 0) is 6.54 Å². The van der Waals surface area contributed by atoms with Crippen LogP contribution in [0.25, 0.3) is 0 Å². The summed E-state index contributed by atoms with van der Waals surface area (Å²) in [6, 6.07) is 15.2. The van der Waals surface area contributed by atoms with Crippen LogP contribution in [0.15, 0.2) is 53.5 Å². The summed E-state index contributed by atoms with van der Waals surface area (Å²) in [6.07, 6.45) is 1.92. The van der Waals surface area contributed by atoms with Gasteiger partial charge in [0.25, 0.3) is 0 Å². The number of amides is 2. The predicted molar refractivity (Wildman–Crippen MR) is 128 cm³/mol. The molecule has 0 saturated carbocycles. The average Bonchev–Trinajstić information content (AvgIpc) is 2.78. The van der Waals surface area contributed by atoms with Crippen LogP contribution in [-0.4, -0.2) is 47.5 Å². The lowest BCUT2D eigenvalue weighted by Crippen LogP contribution is -2.61. The van der Waals surface area contributed by atoms with Gasteiger partial charge >= 0.3 is 6.03 Å². The highest BCUT2D eigenvalue weighted by atomic mass is 35.5. The number of hydrogen-bond donors (Lipinski definition) is 2. The van der Waals surface area contributed by atoms with Crippen LogP contribution in [0.1, 0.15) is 25.0 Å². The van der Waals surface area contributed by atoms with Crippen molar-refractivity contribution in [3.05, 3.63) is 64.7 Å². The molecular formula is C24H29ClN6O. The van der Waals surface area contributed by atoms with E-state index in [2.05, 4.69) is 53.4 Å². The molecule has 1 aliphatic rings. The van der Waals surface area contributed by atoms with Gasteiger partial charge in [-0.2, -0.15) is 5.26 Å². The lowest BCUT2D eigenvalue weighted by atomic mass is 10.00. The van der Waals surface area contributed by atoms with E-state index in [1.807, 2.05) is 18.3 Å². The molecule has 32 heavy (non-hydrogen) atoms. The number of aryl methyl sites for hydroxylation is 1. The number of carbonyl (C=O) groups excluding carboxylic acids is 1. The summed E-state index contributed by atoms with van der Waals surface area (Å²) in [5.41, 5.74) is 3.01. The highest BCUT2D eigenvalue weighted by Crippen LogP contribution is 2.20. The van der Waals surface area contributed by atoms with Crippen molar-refractivity contribution in [3.8, 4) is 6.19 Å². The van der Waals surface area contributed by atoms with Gasteiger partial charge in [-0.3, -0.25) is 0 Å². The molecule has 8 heteroatoms. The third-order valence-corrected chi connectivity index (χ3v) is 5.78. The summed E-state index contributed by atoms with van der Waals surface area (Å²) >= 11 is 5.93. The van der Waals surface area contributed by atoms with Gasteiger partial charge in [-0.05, 0) is 42.7 Å². The van der Waals surface area contributed by atoms with E-state index in [4.69, 9.17) is 11.6 Å². The fourth-order valence-electron chi connectivity index (χ4n) is 3.82. The van der Waals surface area contributed by atoms with Crippen molar-refractivity contribution < 1.29 is 4.79 Å². The van der Waals surface area contributed by atoms with Crippen LogP contribution >= 0.6 is 11.6 Å². The first-order chi connectivity index (χ1) is 15.4. The number of nitrogens with zero attached hydrogens (tertiary/aromatic N) is 4. The van der Waals surface area contributed by atoms with E-state index in [9.17, 15) is 10.1 Å². The van der Waals surface area contributed by atoms with Gasteiger partial charge in [0.15, 0.2) is 0 Å². The van der Waals surface area contributed by atoms with Crippen LogP contribution in [0, 0.1) is 24.3 Å². The Morgan fingerprint density at radius 2 is 2.00 bits per heavy atom. The van der Waals surface area contributed by atoms with Gasteiger partial charge in [0.2, 0.25) is 12.2 Å².